The minimum absolute atomic E-state index is 0.137. The Bertz CT molecular complexity index is 473. The summed E-state index contributed by atoms with van der Waals surface area (Å²) in [5, 5.41) is 6.40. The molecular formula is C16H22FIN2O. The molecule has 0 unspecified atom stereocenters. The lowest BCUT2D eigenvalue weighted by Gasteiger charge is -2.16. The fraction of sp³-hybridized carbons (Fsp3) is 0.562. The molecule has 0 spiro atoms. The van der Waals surface area contributed by atoms with Gasteiger partial charge in [0.05, 0.1) is 5.56 Å². The summed E-state index contributed by atoms with van der Waals surface area (Å²) in [6.07, 6.45) is 7.78. The molecule has 0 saturated heterocycles. The smallest absolute Gasteiger partial charge is 0.252 e. The molecule has 1 aromatic carbocycles. The van der Waals surface area contributed by atoms with Gasteiger partial charge in [-0.3, -0.25) is 4.79 Å². The monoisotopic (exact) mass is 404 g/mol. The second-order valence-electron chi connectivity index (χ2n) is 5.52. The number of nitrogens with one attached hydrogen (secondary N) is 2. The highest BCUT2D eigenvalue weighted by Crippen LogP contribution is 2.17. The molecule has 2 N–H and O–H groups in total. The maximum Gasteiger partial charge on any atom is 0.252 e. The van der Waals surface area contributed by atoms with Crippen LogP contribution in [0.3, 0.4) is 0 Å². The van der Waals surface area contributed by atoms with Crippen molar-refractivity contribution in [2.24, 2.45) is 0 Å². The van der Waals surface area contributed by atoms with E-state index in [4.69, 9.17) is 0 Å². The zero-order valence-electron chi connectivity index (χ0n) is 12.1. The molecule has 0 aromatic heterocycles. The van der Waals surface area contributed by atoms with Crippen LogP contribution in [0.15, 0.2) is 18.2 Å². The number of carbonyl (C=O) groups is 1. The Morgan fingerprint density at radius 2 is 1.90 bits per heavy atom. The molecule has 0 bridgehead atoms. The molecule has 1 aliphatic carbocycles. The lowest BCUT2D eigenvalue weighted by Crippen LogP contribution is -2.37. The molecule has 1 aliphatic rings. The zero-order valence-corrected chi connectivity index (χ0v) is 14.3. The minimum Gasteiger partial charge on any atom is -0.351 e. The lowest BCUT2D eigenvalue weighted by molar-refractivity contribution is 0.0952. The van der Waals surface area contributed by atoms with E-state index < -0.39 is 0 Å². The molecule has 3 nitrogen and oxygen atoms in total. The topological polar surface area (TPSA) is 41.1 Å². The molecule has 5 heteroatoms. The summed E-state index contributed by atoms with van der Waals surface area (Å²) in [7, 11) is 0. The van der Waals surface area contributed by atoms with Gasteiger partial charge in [-0.15, -0.1) is 0 Å². The van der Waals surface area contributed by atoms with Gasteiger partial charge < -0.3 is 10.6 Å². The highest BCUT2D eigenvalue weighted by molar-refractivity contribution is 14.1. The summed E-state index contributed by atoms with van der Waals surface area (Å²) in [6.45, 7) is 1.39. The number of amides is 1. The van der Waals surface area contributed by atoms with Crippen molar-refractivity contribution in [2.75, 3.05) is 13.1 Å². The summed E-state index contributed by atoms with van der Waals surface area (Å²) in [5.74, 6) is -0.451. The standard InChI is InChI=1S/C16H22FIN2O/c17-12-7-8-14(15(18)11-12)16(21)20-10-9-19-13-5-3-1-2-4-6-13/h7-8,11,13,19H,1-6,9-10H2,(H,20,21). The van der Waals surface area contributed by atoms with Gasteiger partial charge in [0.1, 0.15) is 5.82 Å². The summed E-state index contributed by atoms with van der Waals surface area (Å²) in [4.78, 5) is 12.0. The molecule has 1 fully saturated rings. The summed E-state index contributed by atoms with van der Waals surface area (Å²) in [6, 6.07) is 4.82. The first-order chi connectivity index (χ1) is 10.2. The molecule has 0 radical (unpaired) electrons. The Hall–Kier alpha value is -0.690. The van der Waals surface area contributed by atoms with Gasteiger partial charge in [-0.2, -0.15) is 0 Å². The predicted molar refractivity (Wildman–Crippen MR) is 90.9 cm³/mol. The van der Waals surface area contributed by atoms with Crippen molar-refractivity contribution in [3.8, 4) is 0 Å². The summed E-state index contributed by atoms with van der Waals surface area (Å²) >= 11 is 1.99. The van der Waals surface area contributed by atoms with E-state index in [1.807, 2.05) is 22.6 Å². The van der Waals surface area contributed by atoms with E-state index in [0.717, 1.165) is 6.54 Å². The normalized spacial score (nSPS) is 16.5. The van der Waals surface area contributed by atoms with E-state index in [9.17, 15) is 9.18 Å². The van der Waals surface area contributed by atoms with Crippen LogP contribution in [0.4, 0.5) is 4.39 Å². The third-order valence-electron chi connectivity index (χ3n) is 3.87. The lowest BCUT2D eigenvalue weighted by atomic mass is 10.1. The number of benzene rings is 1. The Morgan fingerprint density at radius 3 is 2.57 bits per heavy atom. The molecule has 1 saturated carbocycles. The van der Waals surface area contributed by atoms with Crippen LogP contribution in [0.25, 0.3) is 0 Å². The van der Waals surface area contributed by atoms with Gasteiger partial charge in [-0.25, -0.2) is 4.39 Å². The van der Waals surface area contributed by atoms with E-state index in [0.29, 0.717) is 21.7 Å². The highest BCUT2D eigenvalue weighted by Gasteiger charge is 2.12. The Labute approximate surface area is 139 Å². The van der Waals surface area contributed by atoms with Crippen LogP contribution in [-0.2, 0) is 0 Å². The third kappa shape index (κ3) is 5.54. The first-order valence-electron chi connectivity index (χ1n) is 7.63. The van der Waals surface area contributed by atoms with Crippen molar-refractivity contribution < 1.29 is 9.18 Å². The van der Waals surface area contributed by atoms with E-state index in [1.165, 1.54) is 56.7 Å². The quantitative estimate of drug-likeness (QED) is 0.448. The van der Waals surface area contributed by atoms with Crippen molar-refractivity contribution in [3.63, 3.8) is 0 Å². The molecule has 21 heavy (non-hydrogen) atoms. The SMILES string of the molecule is O=C(NCCNC1CCCCCC1)c1ccc(F)cc1I. The van der Waals surface area contributed by atoms with Crippen molar-refractivity contribution in [3.05, 3.63) is 33.1 Å². The van der Waals surface area contributed by atoms with Gasteiger partial charge in [-0.05, 0) is 53.6 Å². The molecule has 0 heterocycles. The largest absolute Gasteiger partial charge is 0.351 e. The zero-order chi connectivity index (χ0) is 15.1. The minimum atomic E-state index is -0.314. The number of halogens is 2. The summed E-state index contributed by atoms with van der Waals surface area (Å²) in [5.41, 5.74) is 0.534. The van der Waals surface area contributed by atoms with Crippen LogP contribution in [0.2, 0.25) is 0 Å². The van der Waals surface area contributed by atoms with Crippen LogP contribution >= 0.6 is 22.6 Å². The average Bonchev–Trinajstić information content (AvgIpc) is 2.72. The van der Waals surface area contributed by atoms with E-state index in [2.05, 4.69) is 10.6 Å². The molecular weight excluding hydrogens is 382 g/mol. The second-order valence-corrected chi connectivity index (χ2v) is 6.68. The van der Waals surface area contributed by atoms with Gasteiger partial charge in [-0.1, -0.05) is 25.7 Å². The molecule has 1 amide bonds. The van der Waals surface area contributed by atoms with Crippen molar-refractivity contribution >= 4 is 28.5 Å². The highest BCUT2D eigenvalue weighted by atomic mass is 127. The van der Waals surface area contributed by atoms with Gasteiger partial charge >= 0.3 is 0 Å². The molecule has 2 rings (SSSR count). The molecule has 0 aliphatic heterocycles. The Morgan fingerprint density at radius 1 is 1.19 bits per heavy atom. The summed E-state index contributed by atoms with van der Waals surface area (Å²) < 4.78 is 13.7. The van der Waals surface area contributed by atoms with E-state index >= 15 is 0 Å². The third-order valence-corrected chi connectivity index (χ3v) is 4.77. The maximum atomic E-state index is 13.0. The first kappa shape index (κ1) is 16.7. The van der Waals surface area contributed by atoms with Crippen molar-refractivity contribution in [1.29, 1.82) is 0 Å². The average molecular weight is 404 g/mol. The van der Waals surface area contributed by atoms with E-state index in [-0.39, 0.29) is 11.7 Å². The number of carbonyl (C=O) groups excluding carboxylic acids is 1. The van der Waals surface area contributed by atoms with Crippen molar-refractivity contribution in [2.45, 2.75) is 44.6 Å². The van der Waals surface area contributed by atoms with Gasteiger partial charge in [0.15, 0.2) is 0 Å². The number of hydrogen-bond acceptors (Lipinski definition) is 2. The number of rotatable bonds is 5. The van der Waals surface area contributed by atoms with Crippen LogP contribution in [0, 0.1) is 9.39 Å². The molecule has 0 atom stereocenters. The van der Waals surface area contributed by atoms with Crippen LogP contribution in [0.5, 0.6) is 0 Å². The van der Waals surface area contributed by atoms with Gasteiger partial charge in [0.25, 0.3) is 5.91 Å². The fourth-order valence-corrected chi connectivity index (χ4v) is 3.43. The van der Waals surface area contributed by atoms with Crippen LogP contribution < -0.4 is 10.6 Å². The van der Waals surface area contributed by atoms with Crippen LogP contribution in [0.1, 0.15) is 48.9 Å². The van der Waals surface area contributed by atoms with Gasteiger partial charge in [0, 0.05) is 22.7 Å². The second kappa shape index (κ2) is 8.68. The fourth-order valence-electron chi connectivity index (χ4n) is 2.70. The van der Waals surface area contributed by atoms with Crippen molar-refractivity contribution in [1.82, 2.24) is 10.6 Å². The van der Waals surface area contributed by atoms with E-state index in [1.54, 1.807) is 0 Å². The molecule has 116 valence electrons. The van der Waals surface area contributed by atoms with Crippen LogP contribution in [-0.4, -0.2) is 25.0 Å². The molecule has 1 aromatic rings. The number of hydrogen-bond donors (Lipinski definition) is 2. The Balaban J connectivity index is 1.71. The Kier molecular flexibility index (Phi) is 6.89. The predicted octanol–water partition coefficient (Wildman–Crippen LogP) is 3.47. The van der Waals surface area contributed by atoms with Gasteiger partial charge in [0.2, 0.25) is 0 Å². The maximum absolute atomic E-state index is 13.0. The first-order valence-corrected chi connectivity index (χ1v) is 8.71.